The number of nitrogens with one attached hydrogen (secondary N) is 1. The van der Waals surface area contributed by atoms with Gasteiger partial charge in [0.1, 0.15) is 5.69 Å². The summed E-state index contributed by atoms with van der Waals surface area (Å²) >= 11 is 0. The molecule has 0 aromatic carbocycles. The van der Waals surface area contributed by atoms with E-state index < -0.39 is 5.97 Å². The number of aromatic nitrogens is 1. The van der Waals surface area contributed by atoms with Gasteiger partial charge in [0.15, 0.2) is 0 Å². The van der Waals surface area contributed by atoms with E-state index in [1.807, 2.05) is 0 Å². The Morgan fingerprint density at radius 1 is 1.37 bits per heavy atom. The Hall–Kier alpha value is -1.95. The summed E-state index contributed by atoms with van der Waals surface area (Å²) in [7, 11) is 0. The maximum atomic E-state index is 11.8. The summed E-state index contributed by atoms with van der Waals surface area (Å²) in [6.45, 7) is 3.59. The van der Waals surface area contributed by atoms with Gasteiger partial charge >= 0.3 is 5.97 Å². The van der Waals surface area contributed by atoms with E-state index in [1.54, 1.807) is 0 Å². The molecule has 1 fully saturated rings. The minimum absolute atomic E-state index is 0.118. The quantitative estimate of drug-likeness (QED) is 0.813. The van der Waals surface area contributed by atoms with Gasteiger partial charge in [-0.15, -0.1) is 0 Å². The lowest BCUT2D eigenvalue weighted by molar-refractivity contribution is 0.0690. The smallest absolute Gasteiger partial charge is 0.354 e. The minimum atomic E-state index is -1.13. The van der Waals surface area contributed by atoms with E-state index in [9.17, 15) is 9.59 Å². The Labute approximate surface area is 111 Å². The van der Waals surface area contributed by atoms with Gasteiger partial charge in [0.05, 0.1) is 0 Å². The summed E-state index contributed by atoms with van der Waals surface area (Å²) in [6.07, 6.45) is 3.78. The van der Waals surface area contributed by atoms with Crippen molar-refractivity contribution in [2.24, 2.45) is 0 Å². The fraction of sp³-hybridized carbons (Fsp3) is 0.462. The molecule has 2 rings (SSSR count). The zero-order valence-corrected chi connectivity index (χ0v) is 10.6. The average Bonchev–Trinajstić information content (AvgIpc) is 2.92. The summed E-state index contributed by atoms with van der Waals surface area (Å²) in [4.78, 5) is 28.6. The number of carboxylic acids is 1. The molecule has 0 radical (unpaired) electrons. The van der Waals surface area contributed by atoms with Crippen LogP contribution in [0.1, 0.15) is 33.7 Å². The topological polar surface area (TPSA) is 82.5 Å². The zero-order valence-electron chi connectivity index (χ0n) is 10.6. The predicted molar refractivity (Wildman–Crippen MR) is 69.2 cm³/mol. The first-order valence-corrected chi connectivity index (χ1v) is 6.37. The van der Waals surface area contributed by atoms with Gasteiger partial charge in [0.2, 0.25) is 0 Å². The Morgan fingerprint density at radius 3 is 2.79 bits per heavy atom. The van der Waals surface area contributed by atoms with E-state index in [2.05, 4.69) is 15.2 Å². The average molecular weight is 263 g/mol. The summed E-state index contributed by atoms with van der Waals surface area (Å²) in [5.74, 6) is -1.39. The molecule has 0 atom stereocenters. The molecule has 1 aliphatic heterocycles. The third-order valence-electron chi connectivity index (χ3n) is 3.15. The van der Waals surface area contributed by atoms with Gasteiger partial charge in [-0.05, 0) is 38.1 Å². The summed E-state index contributed by atoms with van der Waals surface area (Å²) < 4.78 is 0. The number of nitrogens with zero attached hydrogens (tertiary/aromatic N) is 2. The molecule has 0 bridgehead atoms. The van der Waals surface area contributed by atoms with Gasteiger partial charge in [-0.1, -0.05) is 0 Å². The Morgan fingerprint density at radius 2 is 2.11 bits per heavy atom. The molecule has 0 saturated carbocycles. The molecule has 6 nitrogen and oxygen atoms in total. The van der Waals surface area contributed by atoms with Crippen LogP contribution in [0.4, 0.5) is 0 Å². The summed E-state index contributed by atoms with van der Waals surface area (Å²) in [5.41, 5.74) is 0.209. The molecule has 0 spiro atoms. The summed E-state index contributed by atoms with van der Waals surface area (Å²) in [6, 6.07) is 2.80. The standard InChI is InChI=1S/C13H17N3O3/c17-12(15-5-8-16-6-1-2-7-16)10-3-4-14-11(9-10)13(18)19/h3-4,9H,1-2,5-8H2,(H,15,17)(H,18,19). The highest BCUT2D eigenvalue weighted by atomic mass is 16.4. The largest absolute Gasteiger partial charge is 0.477 e. The Balaban J connectivity index is 1.85. The highest BCUT2D eigenvalue weighted by molar-refractivity contribution is 5.96. The maximum absolute atomic E-state index is 11.8. The van der Waals surface area contributed by atoms with Gasteiger partial charge in [0.25, 0.3) is 5.91 Å². The number of amides is 1. The molecule has 2 N–H and O–H groups in total. The van der Waals surface area contributed by atoms with Crippen molar-refractivity contribution in [3.05, 3.63) is 29.6 Å². The number of rotatable bonds is 5. The van der Waals surface area contributed by atoms with Crippen molar-refractivity contribution in [3.63, 3.8) is 0 Å². The monoisotopic (exact) mass is 263 g/mol. The molecule has 6 heteroatoms. The lowest BCUT2D eigenvalue weighted by Gasteiger charge is -2.14. The molecule has 1 aromatic heterocycles. The van der Waals surface area contributed by atoms with Gasteiger partial charge in [-0.3, -0.25) is 4.79 Å². The van der Waals surface area contributed by atoms with Crippen LogP contribution in [0.25, 0.3) is 0 Å². The first kappa shape index (κ1) is 13.5. The molecule has 1 aliphatic rings. The molecular weight excluding hydrogens is 246 g/mol. The molecule has 0 aliphatic carbocycles. The summed E-state index contributed by atoms with van der Waals surface area (Å²) in [5, 5.41) is 11.6. The Kier molecular flexibility index (Phi) is 4.46. The van der Waals surface area contributed by atoms with Crippen LogP contribution < -0.4 is 5.32 Å². The van der Waals surface area contributed by atoms with Crippen LogP contribution in [0.3, 0.4) is 0 Å². The van der Waals surface area contributed by atoms with Crippen molar-refractivity contribution < 1.29 is 14.7 Å². The number of carboxylic acid groups (broad SMARTS) is 1. The van der Waals surface area contributed by atoms with Gasteiger partial charge < -0.3 is 15.3 Å². The first-order chi connectivity index (χ1) is 9.16. The van der Waals surface area contributed by atoms with Crippen LogP contribution in [0.15, 0.2) is 18.3 Å². The molecule has 1 saturated heterocycles. The Bertz CT molecular complexity index is 470. The van der Waals surface area contributed by atoms with E-state index in [1.165, 1.54) is 31.2 Å². The van der Waals surface area contributed by atoms with Gasteiger partial charge in [-0.25, -0.2) is 9.78 Å². The predicted octanol–water partition coefficient (Wildman–Crippen LogP) is 0.605. The van der Waals surface area contributed by atoms with Crippen molar-refractivity contribution in [1.29, 1.82) is 0 Å². The van der Waals surface area contributed by atoms with E-state index in [0.717, 1.165) is 19.6 Å². The van der Waals surface area contributed by atoms with E-state index in [4.69, 9.17) is 5.11 Å². The van der Waals surface area contributed by atoms with Crippen LogP contribution in [-0.4, -0.2) is 53.0 Å². The fourth-order valence-electron chi connectivity index (χ4n) is 2.12. The first-order valence-electron chi connectivity index (χ1n) is 6.37. The second-order valence-corrected chi connectivity index (χ2v) is 4.54. The number of carbonyl (C=O) groups is 2. The highest BCUT2D eigenvalue weighted by Gasteiger charge is 2.13. The normalized spacial score (nSPS) is 15.4. The molecule has 1 amide bonds. The van der Waals surface area contributed by atoms with Crippen LogP contribution in [0, 0.1) is 0 Å². The van der Waals surface area contributed by atoms with Gasteiger partial charge in [0, 0.05) is 24.8 Å². The minimum Gasteiger partial charge on any atom is -0.477 e. The number of aromatic carboxylic acids is 1. The lowest BCUT2D eigenvalue weighted by Crippen LogP contribution is -2.33. The van der Waals surface area contributed by atoms with E-state index >= 15 is 0 Å². The van der Waals surface area contributed by atoms with Crippen LogP contribution in [-0.2, 0) is 0 Å². The number of pyridine rings is 1. The second kappa shape index (κ2) is 6.29. The maximum Gasteiger partial charge on any atom is 0.354 e. The van der Waals surface area contributed by atoms with Crippen LogP contribution in [0.2, 0.25) is 0 Å². The fourth-order valence-corrected chi connectivity index (χ4v) is 2.12. The van der Waals surface area contributed by atoms with Crippen molar-refractivity contribution in [1.82, 2.24) is 15.2 Å². The third-order valence-corrected chi connectivity index (χ3v) is 3.15. The van der Waals surface area contributed by atoms with Crippen LogP contribution in [0.5, 0.6) is 0 Å². The third kappa shape index (κ3) is 3.75. The van der Waals surface area contributed by atoms with Gasteiger partial charge in [-0.2, -0.15) is 0 Å². The number of carbonyl (C=O) groups excluding carboxylic acids is 1. The lowest BCUT2D eigenvalue weighted by atomic mass is 10.2. The van der Waals surface area contributed by atoms with Crippen LogP contribution >= 0.6 is 0 Å². The van der Waals surface area contributed by atoms with E-state index in [-0.39, 0.29) is 11.6 Å². The molecular formula is C13H17N3O3. The SMILES string of the molecule is O=C(NCCN1CCCC1)c1ccnc(C(=O)O)c1. The molecule has 0 unspecified atom stereocenters. The molecule has 19 heavy (non-hydrogen) atoms. The molecule has 102 valence electrons. The number of hydrogen-bond donors (Lipinski definition) is 2. The number of likely N-dealkylation sites (tertiary alicyclic amines) is 1. The zero-order chi connectivity index (χ0) is 13.7. The highest BCUT2D eigenvalue weighted by Crippen LogP contribution is 2.06. The molecule has 1 aromatic rings. The van der Waals surface area contributed by atoms with Crippen molar-refractivity contribution in [2.75, 3.05) is 26.2 Å². The number of hydrogen-bond acceptors (Lipinski definition) is 4. The van der Waals surface area contributed by atoms with Crippen molar-refractivity contribution >= 4 is 11.9 Å². The second-order valence-electron chi connectivity index (χ2n) is 4.54. The van der Waals surface area contributed by atoms with Crippen molar-refractivity contribution in [3.8, 4) is 0 Å². The van der Waals surface area contributed by atoms with Crippen molar-refractivity contribution in [2.45, 2.75) is 12.8 Å². The van der Waals surface area contributed by atoms with E-state index in [0.29, 0.717) is 12.1 Å². The molecule has 2 heterocycles.